The van der Waals surface area contributed by atoms with Crippen LogP contribution in [-0.4, -0.2) is 22.1 Å². The van der Waals surface area contributed by atoms with Crippen LogP contribution >= 0.6 is 0 Å². The number of hydrogen-bond donors (Lipinski definition) is 1. The average molecular weight is 280 g/mol. The van der Waals surface area contributed by atoms with Crippen molar-refractivity contribution in [2.24, 2.45) is 0 Å². The molecule has 2 aromatic carbocycles. The van der Waals surface area contributed by atoms with Crippen molar-refractivity contribution >= 4 is 5.69 Å². The van der Waals surface area contributed by atoms with E-state index in [0.717, 1.165) is 33.9 Å². The highest BCUT2D eigenvalue weighted by Crippen LogP contribution is 2.29. The quantitative estimate of drug-likeness (QED) is 0.749. The lowest BCUT2D eigenvalue weighted by Gasteiger charge is -2.06. The zero-order chi connectivity index (χ0) is 14.8. The molecule has 0 spiro atoms. The Morgan fingerprint density at radius 3 is 2.57 bits per heavy atom. The van der Waals surface area contributed by atoms with E-state index >= 15 is 0 Å². The Morgan fingerprint density at radius 2 is 1.86 bits per heavy atom. The van der Waals surface area contributed by atoms with E-state index in [9.17, 15) is 0 Å². The molecule has 3 aromatic rings. The van der Waals surface area contributed by atoms with Crippen LogP contribution in [0.5, 0.6) is 5.75 Å². The van der Waals surface area contributed by atoms with E-state index < -0.39 is 0 Å². The molecule has 0 bridgehead atoms. The molecule has 1 heterocycles. The van der Waals surface area contributed by atoms with E-state index in [0.29, 0.717) is 0 Å². The Hall–Kier alpha value is -2.82. The number of rotatable bonds is 3. The van der Waals surface area contributed by atoms with Gasteiger partial charge >= 0.3 is 0 Å². The van der Waals surface area contributed by atoms with Gasteiger partial charge in [-0.05, 0) is 43.3 Å². The second-order valence-electron chi connectivity index (χ2n) is 4.84. The van der Waals surface area contributed by atoms with Crippen LogP contribution in [0.1, 0.15) is 5.56 Å². The Balaban J connectivity index is 2.02. The van der Waals surface area contributed by atoms with Crippen LogP contribution < -0.4 is 10.5 Å². The van der Waals surface area contributed by atoms with Gasteiger partial charge in [0, 0.05) is 11.3 Å². The number of nitrogens with two attached hydrogens (primary N) is 1. The van der Waals surface area contributed by atoms with E-state index in [4.69, 9.17) is 10.5 Å². The first-order valence-corrected chi connectivity index (χ1v) is 6.60. The lowest BCUT2D eigenvalue weighted by Crippen LogP contribution is -1.95. The number of benzene rings is 2. The van der Waals surface area contributed by atoms with Gasteiger partial charge in [-0.1, -0.05) is 16.8 Å². The minimum Gasteiger partial charge on any atom is -0.496 e. The summed E-state index contributed by atoms with van der Waals surface area (Å²) in [7, 11) is 1.65. The summed E-state index contributed by atoms with van der Waals surface area (Å²) in [6, 6.07) is 13.5. The zero-order valence-electron chi connectivity index (χ0n) is 11.9. The van der Waals surface area contributed by atoms with Crippen LogP contribution in [0.25, 0.3) is 16.9 Å². The highest BCUT2D eigenvalue weighted by molar-refractivity contribution is 5.67. The van der Waals surface area contributed by atoms with Crippen molar-refractivity contribution in [3.05, 3.63) is 54.2 Å². The van der Waals surface area contributed by atoms with E-state index in [1.54, 1.807) is 11.8 Å². The minimum absolute atomic E-state index is 0.722. The third kappa shape index (κ3) is 2.58. The van der Waals surface area contributed by atoms with Gasteiger partial charge in [0.25, 0.3) is 0 Å². The van der Waals surface area contributed by atoms with Crippen molar-refractivity contribution in [1.29, 1.82) is 0 Å². The summed E-state index contributed by atoms with van der Waals surface area (Å²) in [6.07, 6.45) is 1.88. The van der Waals surface area contributed by atoms with E-state index in [1.807, 2.05) is 55.6 Å². The first kappa shape index (κ1) is 13.2. The lowest BCUT2D eigenvalue weighted by atomic mass is 10.1. The number of anilines is 1. The fraction of sp³-hybridized carbons (Fsp3) is 0.125. The van der Waals surface area contributed by atoms with Gasteiger partial charge in [-0.3, -0.25) is 0 Å². The fourth-order valence-electron chi connectivity index (χ4n) is 2.16. The predicted molar refractivity (Wildman–Crippen MR) is 82.5 cm³/mol. The summed E-state index contributed by atoms with van der Waals surface area (Å²) in [6.45, 7) is 2.04. The van der Waals surface area contributed by atoms with E-state index in [2.05, 4.69) is 10.3 Å². The van der Waals surface area contributed by atoms with Crippen LogP contribution in [0.3, 0.4) is 0 Å². The Labute approximate surface area is 123 Å². The van der Waals surface area contributed by atoms with Gasteiger partial charge in [-0.15, -0.1) is 5.10 Å². The summed E-state index contributed by atoms with van der Waals surface area (Å²) in [4.78, 5) is 0. The minimum atomic E-state index is 0.722. The monoisotopic (exact) mass is 280 g/mol. The van der Waals surface area contributed by atoms with Crippen molar-refractivity contribution in [3.63, 3.8) is 0 Å². The Kier molecular flexibility index (Phi) is 3.31. The van der Waals surface area contributed by atoms with Crippen LogP contribution in [0.2, 0.25) is 0 Å². The Bertz CT molecular complexity index is 762. The number of ether oxygens (including phenoxy) is 1. The molecule has 1 aromatic heterocycles. The smallest absolute Gasteiger partial charge is 0.128 e. The summed E-state index contributed by atoms with van der Waals surface area (Å²) in [5.74, 6) is 0.782. The topological polar surface area (TPSA) is 66.0 Å². The van der Waals surface area contributed by atoms with Crippen molar-refractivity contribution in [3.8, 4) is 22.7 Å². The maximum Gasteiger partial charge on any atom is 0.128 e. The second kappa shape index (κ2) is 5.28. The lowest BCUT2D eigenvalue weighted by molar-refractivity contribution is 0.416. The molecule has 0 aliphatic heterocycles. The van der Waals surface area contributed by atoms with Gasteiger partial charge in [0.05, 0.1) is 19.0 Å². The third-order valence-corrected chi connectivity index (χ3v) is 3.28. The predicted octanol–water partition coefficient (Wildman–Crippen LogP) is 2.83. The van der Waals surface area contributed by atoms with Gasteiger partial charge in [0.1, 0.15) is 11.4 Å². The molecule has 2 N–H and O–H groups in total. The highest BCUT2D eigenvalue weighted by atomic mass is 16.5. The molecule has 0 aliphatic carbocycles. The van der Waals surface area contributed by atoms with Crippen molar-refractivity contribution < 1.29 is 4.74 Å². The van der Waals surface area contributed by atoms with Crippen LogP contribution in [0.15, 0.2) is 48.7 Å². The summed E-state index contributed by atoms with van der Waals surface area (Å²) in [5, 5.41) is 8.40. The average Bonchev–Trinajstić information content (AvgIpc) is 2.97. The van der Waals surface area contributed by atoms with E-state index in [-0.39, 0.29) is 0 Å². The molecule has 0 amide bonds. The van der Waals surface area contributed by atoms with Crippen molar-refractivity contribution in [1.82, 2.24) is 15.0 Å². The number of nitrogens with zero attached hydrogens (tertiary/aromatic N) is 3. The number of hydrogen-bond acceptors (Lipinski definition) is 4. The number of aryl methyl sites for hydroxylation is 1. The molecule has 0 radical (unpaired) electrons. The molecule has 0 fully saturated rings. The normalized spacial score (nSPS) is 10.6. The third-order valence-electron chi connectivity index (χ3n) is 3.28. The van der Waals surface area contributed by atoms with Crippen LogP contribution in [0, 0.1) is 6.92 Å². The molecular formula is C16H16N4O. The first-order valence-electron chi connectivity index (χ1n) is 6.60. The standard InChI is InChI=1S/C16H16N4O/c1-11-3-8-16(21-2)14(9-11)15-10-20(19-18-15)13-6-4-12(17)5-7-13/h3-10H,17H2,1-2H3. The fourth-order valence-corrected chi connectivity index (χ4v) is 2.16. The van der Waals surface area contributed by atoms with E-state index in [1.165, 1.54) is 0 Å². The summed E-state index contributed by atoms with van der Waals surface area (Å²) in [5.41, 5.74) is 10.2. The van der Waals surface area contributed by atoms with Crippen LogP contribution in [0.4, 0.5) is 5.69 Å². The molecule has 0 atom stereocenters. The molecule has 0 aliphatic rings. The number of aromatic nitrogens is 3. The first-order chi connectivity index (χ1) is 10.2. The maximum atomic E-state index is 5.69. The molecule has 3 rings (SSSR count). The summed E-state index contributed by atoms with van der Waals surface area (Å²) >= 11 is 0. The number of nitrogen functional groups attached to an aromatic ring is 1. The molecule has 106 valence electrons. The molecule has 5 heteroatoms. The molecule has 0 unspecified atom stereocenters. The Morgan fingerprint density at radius 1 is 1.10 bits per heavy atom. The maximum absolute atomic E-state index is 5.69. The van der Waals surface area contributed by atoms with Crippen LogP contribution in [-0.2, 0) is 0 Å². The molecule has 5 nitrogen and oxygen atoms in total. The van der Waals surface area contributed by atoms with Gasteiger partial charge in [0.2, 0.25) is 0 Å². The van der Waals surface area contributed by atoms with Gasteiger partial charge in [-0.2, -0.15) is 0 Å². The highest BCUT2D eigenvalue weighted by Gasteiger charge is 2.11. The molecule has 0 saturated heterocycles. The van der Waals surface area contributed by atoms with Crippen molar-refractivity contribution in [2.45, 2.75) is 6.92 Å². The van der Waals surface area contributed by atoms with Crippen molar-refractivity contribution in [2.75, 3.05) is 12.8 Å². The number of methoxy groups -OCH3 is 1. The van der Waals surface area contributed by atoms with Gasteiger partial charge < -0.3 is 10.5 Å². The molecule has 0 saturated carbocycles. The second-order valence-corrected chi connectivity index (χ2v) is 4.84. The molecule has 21 heavy (non-hydrogen) atoms. The van der Waals surface area contributed by atoms with Gasteiger partial charge in [-0.25, -0.2) is 4.68 Å². The SMILES string of the molecule is COc1ccc(C)cc1-c1cn(-c2ccc(N)cc2)nn1. The molecular weight excluding hydrogens is 264 g/mol. The summed E-state index contributed by atoms with van der Waals surface area (Å²) < 4.78 is 7.11. The van der Waals surface area contributed by atoms with Gasteiger partial charge in [0.15, 0.2) is 0 Å². The largest absolute Gasteiger partial charge is 0.496 e. The zero-order valence-corrected chi connectivity index (χ0v) is 11.9.